The molecule has 0 aromatic carbocycles. The van der Waals surface area contributed by atoms with Crippen molar-refractivity contribution in [3.05, 3.63) is 24.0 Å². The quantitative estimate of drug-likeness (QED) is 0.809. The molecule has 24 heavy (non-hydrogen) atoms. The predicted molar refractivity (Wildman–Crippen MR) is 80.3 cm³/mol. The van der Waals surface area contributed by atoms with Crippen LogP contribution in [0.2, 0.25) is 0 Å². The van der Waals surface area contributed by atoms with Crippen LogP contribution in [0, 0.1) is 5.41 Å². The number of alkyl halides is 2. The fourth-order valence-electron chi connectivity index (χ4n) is 2.41. The molecule has 2 aromatic heterocycles. The monoisotopic (exact) mass is 359 g/mol. The van der Waals surface area contributed by atoms with Gasteiger partial charge in [0.2, 0.25) is 0 Å². The minimum atomic E-state index is -3.97. The molecule has 0 aliphatic heterocycles. The van der Waals surface area contributed by atoms with E-state index in [1.54, 1.807) is 0 Å². The molecule has 0 saturated heterocycles. The fourth-order valence-corrected chi connectivity index (χ4v) is 2.82. The molecule has 130 valence electrons. The van der Waals surface area contributed by atoms with Crippen LogP contribution < -0.4 is 9.86 Å². The molecule has 3 N–H and O–H groups in total. The molecule has 0 amide bonds. The summed E-state index contributed by atoms with van der Waals surface area (Å²) >= 11 is 0. The van der Waals surface area contributed by atoms with Crippen molar-refractivity contribution in [2.75, 3.05) is 4.72 Å². The highest BCUT2D eigenvalue weighted by atomic mass is 32.2. The first-order chi connectivity index (χ1) is 11.1. The van der Waals surface area contributed by atoms with Gasteiger partial charge in [0.15, 0.2) is 5.82 Å². The molecule has 1 saturated carbocycles. The molecule has 0 spiro atoms. The summed E-state index contributed by atoms with van der Waals surface area (Å²) in [6, 6.07) is 4.43. The Morgan fingerprint density at radius 3 is 2.67 bits per heavy atom. The highest BCUT2D eigenvalue weighted by Gasteiger charge is 2.59. The highest BCUT2D eigenvalue weighted by Crippen LogP contribution is 2.58. The van der Waals surface area contributed by atoms with Crippen LogP contribution in [0.5, 0.6) is 0 Å². The summed E-state index contributed by atoms with van der Waals surface area (Å²) in [6.07, 6.45) is 0.827. The largest absolute Gasteiger partial charge is 0.332 e. The number of pyridine rings is 1. The first-order valence-electron chi connectivity index (χ1n) is 7.06. The Morgan fingerprint density at radius 2 is 2.08 bits per heavy atom. The van der Waals surface area contributed by atoms with Gasteiger partial charge in [0, 0.05) is 11.8 Å². The summed E-state index contributed by atoms with van der Waals surface area (Å²) in [5.41, 5.74) is -0.908. The lowest BCUT2D eigenvalue weighted by Gasteiger charge is -2.20. The Labute approximate surface area is 136 Å². The maximum absolute atomic E-state index is 13.6. The van der Waals surface area contributed by atoms with E-state index in [0.717, 1.165) is 6.92 Å². The molecule has 8 nitrogen and oxygen atoms in total. The van der Waals surface area contributed by atoms with E-state index in [2.05, 4.69) is 15.1 Å². The molecule has 0 atom stereocenters. The minimum Gasteiger partial charge on any atom is -0.332 e. The minimum absolute atomic E-state index is 0.00905. The molecule has 1 fully saturated rings. The molecule has 0 bridgehead atoms. The van der Waals surface area contributed by atoms with Gasteiger partial charge in [-0.05, 0) is 31.9 Å². The molecule has 0 unspecified atom stereocenters. The first-order valence-corrected chi connectivity index (χ1v) is 8.61. The van der Waals surface area contributed by atoms with Gasteiger partial charge in [-0.3, -0.25) is 4.72 Å². The van der Waals surface area contributed by atoms with Crippen LogP contribution in [0.3, 0.4) is 0 Å². The lowest BCUT2D eigenvalue weighted by atomic mass is 9.95. The normalized spacial score (nSPS) is 16.8. The van der Waals surface area contributed by atoms with Gasteiger partial charge in [-0.2, -0.15) is 13.4 Å². The van der Waals surface area contributed by atoms with Crippen LogP contribution in [-0.2, 0) is 16.6 Å². The van der Waals surface area contributed by atoms with Crippen molar-refractivity contribution in [2.45, 2.75) is 32.1 Å². The van der Waals surface area contributed by atoms with Crippen molar-refractivity contribution in [1.29, 1.82) is 0 Å². The van der Waals surface area contributed by atoms with E-state index >= 15 is 0 Å². The maximum atomic E-state index is 13.6. The van der Waals surface area contributed by atoms with Gasteiger partial charge < -0.3 is 4.52 Å². The van der Waals surface area contributed by atoms with E-state index in [4.69, 9.17) is 9.66 Å². The van der Waals surface area contributed by atoms with Gasteiger partial charge in [-0.15, -0.1) is 0 Å². The molecule has 2 aromatic rings. The third kappa shape index (κ3) is 3.51. The number of nitrogens with two attached hydrogens (primary N) is 1. The highest BCUT2D eigenvalue weighted by molar-refractivity contribution is 7.90. The van der Waals surface area contributed by atoms with Gasteiger partial charge in [-0.25, -0.2) is 18.9 Å². The van der Waals surface area contributed by atoms with Crippen molar-refractivity contribution in [3.8, 4) is 11.6 Å². The van der Waals surface area contributed by atoms with Crippen molar-refractivity contribution < 1.29 is 21.7 Å². The summed E-state index contributed by atoms with van der Waals surface area (Å²) in [6.45, 7) is 0.894. The smallest absolute Gasteiger partial charge is 0.297 e. The van der Waals surface area contributed by atoms with E-state index in [-0.39, 0.29) is 29.6 Å². The van der Waals surface area contributed by atoms with Gasteiger partial charge in [-0.1, -0.05) is 11.2 Å². The first kappa shape index (κ1) is 16.7. The Bertz CT molecular complexity index is 858. The Balaban J connectivity index is 1.80. The Morgan fingerprint density at radius 1 is 1.38 bits per heavy atom. The summed E-state index contributed by atoms with van der Waals surface area (Å²) in [5, 5.41) is 8.59. The van der Waals surface area contributed by atoms with Crippen LogP contribution in [-0.4, -0.2) is 29.5 Å². The average molecular weight is 359 g/mol. The number of nitrogens with one attached hydrogen (secondary N) is 1. The van der Waals surface area contributed by atoms with Gasteiger partial charge >= 0.3 is 0 Å². The number of nitrogens with zero attached hydrogens (tertiary/aromatic N) is 3. The molecular weight excluding hydrogens is 344 g/mol. The lowest BCUT2D eigenvalue weighted by molar-refractivity contribution is -0.0551. The van der Waals surface area contributed by atoms with Gasteiger partial charge in [0.1, 0.15) is 11.5 Å². The second kappa shape index (κ2) is 5.45. The van der Waals surface area contributed by atoms with E-state index in [0.29, 0.717) is 12.8 Å². The summed E-state index contributed by atoms with van der Waals surface area (Å²) in [7, 11) is -3.97. The second-order valence-electron chi connectivity index (χ2n) is 5.92. The zero-order valence-corrected chi connectivity index (χ0v) is 13.5. The average Bonchev–Trinajstić information content (AvgIpc) is 3.08. The van der Waals surface area contributed by atoms with Crippen molar-refractivity contribution in [3.63, 3.8) is 0 Å². The number of hydrogen-bond acceptors (Lipinski definition) is 6. The molecule has 2 heterocycles. The van der Waals surface area contributed by atoms with Crippen LogP contribution in [0.1, 0.15) is 25.6 Å². The SMILES string of the molecule is CC(F)(F)C1(Cc2noc(-c3cccc(NS(N)(=O)=O)n3)n2)CC1. The molecule has 3 rings (SSSR count). The third-order valence-corrected chi connectivity index (χ3v) is 4.46. The topological polar surface area (TPSA) is 124 Å². The standard InChI is InChI=1S/C13H15F2N5O3S/c1-12(14,15)13(5-6-13)7-10-18-11(23-19-10)8-3-2-4-9(17-8)20-24(16,21)22/h2-4H,5-7H2,1H3,(H,17,20)(H2,16,21,22). The maximum Gasteiger partial charge on any atom is 0.297 e. The predicted octanol–water partition coefficient (Wildman–Crippen LogP) is 1.72. The Hall–Kier alpha value is -2.14. The number of anilines is 1. The summed E-state index contributed by atoms with van der Waals surface area (Å²) < 4.78 is 56.3. The van der Waals surface area contributed by atoms with Crippen molar-refractivity contribution in [2.24, 2.45) is 10.6 Å². The number of halogens is 2. The molecular formula is C13H15F2N5O3S. The van der Waals surface area contributed by atoms with Crippen LogP contribution >= 0.6 is 0 Å². The number of rotatable bonds is 6. The molecule has 0 radical (unpaired) electrons. The van der Waals surface area contributed by atoms with E-state index in [9.17, 15) is 17.2 Å². The zero-order chi connectivity index (χ0) is 17.6. The Kier molecular flexibility index (Phi) is 3.79. The molecule has 1 aliphatic rings. The van der Waals surface area contributed by atoms with Crippen LogP contribution in [0.4, 0.5) is 14.6 Å². The molecule has 11 heteroatoms. The second-order valence-corrected chi connectivity index (χ2v) is 7.21. The fraction of sp³-hybridized carbons (Fsp3) is 0.462. The van der Waals surface area contributed by atoms with Gasteiger partial charge in [0.05, 0.1) is 0 Å². The number of hydrogen-bond donors (Lipinski definition) is 2. The van der Waals surface area contributed by atoms with Crippen LogP contribution in [0.25, 0.3) is 11.6 Å². The van der Waals surface area contributed by atoms with E-state index in [1.165, 1.54) is 18.2 Å². The van der Waals surface area contributed by atoms with Crippen LogP contribution in [0.15, 0.2) is 22.7 Å². The van der Waals surface area contributed by atoms with Crippen molar-refractivity contribution >= 4 is 16.0 Å². The molecule has 1 aliphatic carbocycles. The lowest BCUT2D eigenvalue weighted by Crippen LogP contribution is -2.28. The third-order valence-electron chi connectivity index (χ3n) is 3.96. The zero-order valence-electron chi connectivity index (χ0n) is 12.7. The summed E-state index contributed by atoms with van der Waals surface area (Å²) in [4.78, 5) is 8.06. The summed E-state index contributed by atoms with van der Waals surface area (Å²) in [5.74, 6) is -2.66. The van der Waals surface area contributed by atoms with Gasteiger partial charge in [0.25, 0.3) is 22.0 Å². The van der Waals surface area contributed by atoms with Crippen molar-refractivity contribution in [1.82, 2.24) is 15.1 Å². The van der Waals surface area contributed by atoms with E-state index < -0.39 is 21.5 Å². The number of aromatic nitrogens is 3. The van der Waals surface area contributed by atoms with E-state index in [1.807, 2.05) is 4.72 Å².